The van der Waals surface area contributed by atoms with Gasteiger partial charge in [0.15, 0.2) is 0 Å². The van der Waals surface area contributed by atoms with Crippen LogP contribution in [0, 0.1) is 27.7 Å². The number of anilines is 4. The van der Waals surface area contributed by atoms with E-state index in [-0.39, 0.29) is 0 Å². The van der Waals surface area contributed by atoms with Crippen molar-refractivity contribution in [2.75, 3.05) is 10.2 Å². The predicted octanol–water partition coefficient (Wildman–Crippen LogP) is 10.2. The number of aryl methyl sites for hydroxylation is 4. The molecule has 0 aliphatic carbocycles. The van der Waals surface area contributed by atoms with Crippen LogP contribution in [0.15, 0.2) is 77.8 Å². The summed E-state index contributed by atoms with van der Waals surface area (Å²) in [5.74, 6) is 3.26. The van der Waals surface area contributed by atoms with Gasteiger partial charge in [-0.3, -0.25) is 4.90 Å². The molecule has 202 valence electrons. The van der Waals surface area contributed by atoms with Crippen molar-refractivity contribution in [2.24, 2.45) is 4.99 Å². The molecular weight excluding hydrogens is 476 g/mol. The second kappa shape index (κ2) is 11.9. The molecule has 0 saturated carbocycles. The fourth-order valence-electron chi connectivity index (χ4n) is 5.21. The predicted molar refractivity (Wildman–Crippen MR) is 169 cm³/mol. The Hall–Kier alpha value is -3.92. The molecule has 4 heteroatoms. The van der Waals surface area contributed by atoms with Gasteiger partial charge in [-0.25, -0.2) is 9.98 Å². The Morgan fingerprint density at radius 2 is 1.18 bits per heavy atom. The van der Waals surface area contributed by atoms with Gasteiger partial charge in [0.25, 0.3) is 0 Å². The first-order valence-electron chi connectivity index (χ1n) is 13.9. The van der Waals surface area contributed by atoms with Crippen molar-refractivity contribution in [1.29, 1.82) is 0 Å². The molecule has 0 aliphatic heterocycles. The average molecular weight is 519 g/mol. The minimum atomic E-state index is 0.368. The van der Waals surface area contributed by atoms with E-state index in [0.717, 1.165) is 34.5 Å². The SMILES string of the molecule is CC(=Nc1c(C(C)C)cccc1C(C)C)N(c1cccc(Nc2c(C)cccc2C)n1)c1c(C)cccc1C. The summed E-state index contributed by atoms with van der Waals surface area (Å²) in [6.07, 6.45) is 0. The lowest BCUT2D eigenvalue weighted by Crippen LogP contribution is -2.26. The van der Waals surface area contributed by atoms with Crippen molar-refractivity contribution in [3.8, 4) is 0 Å². The number of aromatic nitrogens is 1. The number of benzene rings is 3. The molecule has 0 bridgehead atoms. The summed E-state index contributed by atoms with van der Waals surface area (Å²) < 4.78 is 0. The lowest BCUT2D eigenvalue weighted by Gasteiger charge is -2.28. The third kappa shape index (κ3) is 6.06. The maximum absolute atomic E-state index is 5.36. The molecule has 1 heterocycles. The Kier molecular flexibility index (Phi) is 8.54. The van der Waals surface area contributed by atoms with Crippen LogP contribution in [0.1, 0.15) is 79.8 Å². The van der Waals surface area contributed by atoms with Gasteiger partial charge in [-0.2, -0.15) is 0 Å². The molecule has 0 radical (unpaired) electrons. The number of rotatable bonds is 7. The van der Waals surface area contributed by atoms with Crippen molar-refractivity contribution < 1.29 is 0 Å². The molecule has 39 heavy (non-hydrogen) atoms. The number of hydrogen-bond donors (Lipinski definition) is 1. The highest BCUT2D eigenvalue weighted by atomic mass is 15.3. The first-order valence-corrected chi connectivity index (χ1v) is 13.9. The topological polar surface area (TPSA) is 40.5 Å². The summed E-state index contributed by atoms with van der Waals surface area (Å²) in [6.45, 7) is 19.6. The summed E-state index contributed by atoms with van der Waals surface area (Å²) in [5.41, 5.74) is 10.6. The highest BCUT2D eigenvalue weighted by molar-refractivity contribution is 6.04. The molecule has 0 unspecified atom stereocenters. The summed E-state index contributed by atoms with van der Waals surface area (Å²) in [6, 6.07) is 25.5. The number of pyridine rings is 1. The Morgan fingerprint density at radius 3 is 1.72 bits per heavy atom. The number of nitrogens with one attached hydrogen (secondary N) is 1. The van der Waals surface area contributed by atoms with Gasteiger partial charge < -0.3 is 5.32 Å². The average Bonchev–Trinajstić information content (AvgIpc) is 2.88. The van der Waals surface area contributed by atoms with E-state index in [9.17, 15) is 0 Å². The molecule has 1 aromatic heterocycles. The van der Waals surface area contributed by atoms with Crippen molar-refractivity contribution in [1.82, 2.24) is 4.98 Å². The van der Waals surface area contributed by atoms with Crippen molar-refractivity contribution in [3.05, 3.63) is 106 Å². The van der Waals surface area contributed by atoms with E-state index in [1.165, 1.54) is 33.4 Å². The molecule has 4 nitrogen and oxygen atoms in total. The van der Waals surface area contributed by atoms with Crippen molar-refractivity contribution in [3.63, 3.8) is 0 Å². The van der Waals surface area contributed by atoms with Gasteiger partial charge in [-0.05, 0) is 92.0 Å². The summed E-state index contributed by atoms with van der Waals surface area (Å²) in [7, 11) is 0. The summed E-state index contributed by atoms with van der Waals surface area (Å²) in [4.78, 5) is 12.7. The Morgan fingerprint density at radius 1 is 0.692 bits per heavy atom. The first-order chi connectivity index (χ1) is 18.6. The highest BCUT2D eigenvalue weighted by Crippen LogP contribution is 2.37. The zero-order valence-electron chi connectivity index (χ0n) is 24.9. The lowest BCUT2D eigenvalue weighted by molar-refractivity contribution is 0.834. The fourth-order valence-corrected chi connectivity index (χ4v) is 5.21. The van der Waals surface area contributed by atoms with E-state index in [1.54, 1.807) is 0 Å². The molecule has 0 saturated heterocycles. The molecule has 4 aromatic rings. The van der Waals surface area contributed by atoms with Gasteiger partial charge in [0.2, 0.25) is 0 Å². The van der Waals surface area contributed by atoms with E-state index >= 15 is 0 Å². The van der Waals surface area contributed by atoms with E-state index in [2.05, 4.69) is 139 Å². The van der Waals surface area contributed by atoms with Gasteiger partial charge >= 0.3 is 0 Å². The van der Waals surface area contributed by atoms with E-state index < -0.39 is 0 Å². The third-order valence-corrected chi connectivity index (χ3v) is 7.30. The number of nitrogens with zero attached hydrogens (tertiary/aromatic N) is 3. The van der Waals surface area contributed by atoms with Crippen LogP contribution in [0.5, 0.6) is 0 Å². The zero-order chi connectivity index (χ0) is 28.3. The maximum Gasteiger partial charge on any atom is 0.140 e. The van der Waals surface area contributed by atoms with Crippen LogP contribution in [0.2, 0.25) is 0 Å². The number of hydrogen-bond acceptors (Lipinski definition) is 3. The van der Waals surface area contributed by atoms with Crippen LogP contribution in [-0.4, -0.2) is 10.8 Å². The Balaban J connectivity index is 1.90. The maximum atomic E-state index is 5.36. The van der Waals surface area contributed by atoms with Crippen LogP contribution < -0.4 is 10.2 Å². The minimum absolute atomic E-state index is 0.368. The molecule has 3 aromatic carbocycles. The zero-order valence-corrected chi connectivity index (χ0v) is 24.9. The van der Waals surface area contributed by atoms with Crippen LogP contribution in [0.3, 0.4) is 0 Å². The highest BCUT2D eigenvalue weighted by Gasteiger charge is 2.21. The smallest absolute Gasteiger partial charge is 0.140 e. The number of para-hydroxylation sites is 3. The Bertz CT molecular complexity index is 1430. The second-order valence-electron chi connectivity index (χ2n) is 11.1. The van der Waals surface area contributed by atoms with E-state index in [0.29, 0.717) is 11.8 Å². The second-order valence-corrected chi connectivity index (χ2v) is 11.1. The monoisotopic (exact) mass is 518 g/mol. The summed E-state index contributed by atoms with van der Waals surface area (Å²) >= 11 is 0. The molecule has 0 fully saturated rings. The third-order valence-electron chi connectivity index (χ3n) is 7.30. The molecular formula is C35H42N4. The fraction of sp³-hybridized carbons (Fsp3) is 0.314. The number of amidine groups is 1. The Labute approximate surface area is 234 Å². The van der Waals surface area contributed by atoms with Crippen LogP contribution in [0.25, 0.3) is 0 Å². The summed E-state index contributed by atoms with van der Waals surface area (Å²) in [5, 5.41) is 3.58. The quantitative estimate of drug-likeness (QED) is 0.195. The van der Waals surface area contributed by atoms with Crippen molar-refractivity contribution >= 4 is 34.5 Å². The largest absolute Gasteiger partial charge is 0.340 e. The first kappa shape index (κ1) is 28.1. The van der Waals surface area contributed by atoms with Gasteiger partial charge in [-0.1, -0.05) is 88.4 Å². The molecule has 4 rings (SSSR count). The normalized spacial score (nSPS) is 11.8. The van der Waals surface area contributed by atoms with Crippen molar-refractivity contribution in [2.45, 2.75) is 74.1 Å². The van der Waals surface area contributed by atoms with E-state index in [4.69, 9.17) is 9.98 Å². The molecule has 0 amide bonds. The lowest BCUT2D eigenvalue weighted by atomic mass is 9.93. The van der Waals surface area contributed by atoms with Gasteiger partial charge in [0.1, 0.15) is 17.5 Å². The molecule has 0 spiro atoms. The molecule has 0 atom stereocenters. The molecule has 0 aliphatic rings. The van der Waals surface area contributed by atoms with Crippen LogP contribution >= 0.6 is 0 Å². The molecule has 1 N–H and O–H groups in total. The van der Waals surface area contributed by atoms with Gasteiger partial charge in [0.05, 0.1) is 11.4 Å². The van der Waals surface area contributed by atoms with Gasteiger partial charge in [0, 0.05) is 5.69 Å². The number of aliphatic imine (C=N–C) groups is 1. The van der Waals surface area contributed by atoms with E-state index in [1.807, 2.05) is 6.07 Å². The minimum Gasteiger partial charge on any atom is -0.340 e. The van der Waals surface area contributed by atoms with Crippen LogP contribution in [-0.2, 0) is 0 Å². The van der Waals surface area contributed by atoms with Gasteiger partial charge in [-0.15, -0.1) is 0 Å². The van der Waals surface area contributed by atoms with Crippen LogP contribution in [0.4, 0.5) is 28.7 Å². The standard InChI is InChI=1S/C35H42N4/c1-22(2)29-18-12-19-30(23(3)4)34(29)36-28(9)39(35-26(7)16-11-17-27(35)8)32-21-13-20-31(37-32)38-33-24(5)14-10-15-25(33)6/h10-23H,1-9H3,(H,37,38).